The largest absolute Gasteiger partial charge is 3.00 e. The van der Waals surface area contributed by atoms with Gasteiger partial charge in [-0.25, -0.2) is 0 Å². The summed E-state index contributed by atoms with van der Waals surface area (Å²) in [4.78, 5) is 35.0. The maximum atomic E-state index is 8.89. The zero-order chi connectivity index (χ0) is 14.3. The molecule has 10 heteroatoms. The molecule has 0 aliphatic carbocycles. The van der Waals surface area contributed by atoms with E-state index in [2.05, 4.69) is 0 Å². The van der Waals surface area contributed by atoms with Gasteiger partial charge in [-0.1, -0.05) is 0 Å². The molecule has 0 unspecified atom stereocenters. The van der Waals surface area contributed by atoms with E-state index >= 15 is 0 Å². The molecule has 0 atom stereocenters. The average Bonchev–Trinajstić information content (AvgIpc) is 1.76. The Hall–Kier alpha value is -1.67. The summed E-state index contributed by atoms with van der Waals surface area (Å²) in [6.45, 7) is 2.92. The molecule has 0 N–H and O–H groups in total. The third-order valence-electron chi connectivity index (χ3n) is 0. The van der Waals surface area contributed by atoms with Crippen LogP contribution in [0, 0.1) is 10.1 Å². The first kappa shape index (κ1) is 29.5. The Bertz CT molecular complexity index is 166. The summed E-state index contributed by atoms with van der Waals surface area (Å²) in [7, 11) is 0.889. The van der Waals surface area contributed by atoms with Crippen molar-refractivity contribution in [2.24, 2.45) is 0 Å². The van der Waals surface area contributed by atoms with Gasteiger partial charge >= 0.3 is 17.1 Å². The molecule has 0 aliphatic rings. The van der Waals surface area contributed by atoms with E-state index < -0.39 is 22.8 Å². The van der Waals surface area contributed by atoms with Crippen LogP contribution in [0.3, 0.4) is 0 Å². The Kier molecular flexibility index (Phi) is 41.4. The molecule has 0 fully saturated rings. The van der Waals surface area contributed by atoms with Crippen molar-refractivity contribution in [1.82, 2.24) is 0 Å². The van der Waals surface area contributed by atoms with Gasteiger partial charge in [-0.15, -0.1) is 0 Å². The van der Waals surface area contributed by atoms with E-state index in [1.54, 1.807) is 0 Å². The molecular formula is C7H12MnNO8. The molecule has 0 aromatic carbocycles. The standard InChI is InChI=1S/3C2H4O2.CH3NO2.Mn/c4*1-2(3)4;/h3*1H3,(H,3,4);1H3;/q;;;;+3/p-3. The SMILES string of the molecule is CC(=O)[O-].CC(=O)[O-].CC(=O)[O-].C[N+](=O)[O-].[Mn+3]. The minimum Gasteiger partial charge on any atom is -0.550 e. The van der Waals surface area contributed by atoms with Crippen LogP contribution in [-0.4, -0.2) is 29.9 Å². The molecule has 0 rings (SSSR count). The van der Waals surface area contributed by atoms with E-state index in [0.717, 1.165) is 27.8 Å². The summed E-state index contributed by atoms with van der Waals surface area (Å²) in [5, 5.41) is 35.5. The molecule has 0 spiro atoms. The fraction of sp³-hybridized carbons (Fsp3) is 0.571. The van der Waals surface area contributed by atoms with E-state index in [1.165, 1.54) is 0 Å². The number of aliphatic carboxylic acids is 3. The van der Waals surface area contributed by atoms with Crippen LogP contribution in [0.2, 0.25) is 0 Å². The Balaban J connectivity index is -0.0000000369. The topological polar surface area (TPSA) is 164 Å². The monoisotopic (exact) mass is 293 g/mol. The number of carbonyl (C=O) groups is 3. The van der Waals surface area contributed by atoms with Gasteiger partial charge < -0.3 is 29.7 Å². The fourth-order valence-corrected chi connectivity index (χ4v) is 0. The molecule has 0 saturated carbocycles. The van der Waals surface area contributed by atoms with Crippen molar-refractivity contribution in [1.29, 1.82) is 0 Å². The number of carbonyl (C=O) groups excluding carboxylic acids is 3. The number of hydrogen-bond acceptors (Lipinski definition) is 8. The first-order valence-electron chi connectivity index (χ1n) is 3.54. The predicted molar refractivity (Wildman–Crippen MR) is 45.0 cm³/mol. The van der Waals surface area contributed by atoms with Gasteiger partial charge in [0.1, 0.15) is 0 Å². The Morgan fingerprint density at radius 3 is 0.824 bits per heavy atom. The van der Waals surface area contributed by atoms with Crippen molar-refractivity contribution in [2.45, 2.75) is 20.8 Å². The van der Waals surface area contributed by atoms with Crippen LogP contribution in [0.5, 0.6) is 0 Å². The number of nitro groups is 1. The molecule has 0 bridgehead atoms. The molecule has 0 heterocycles. The molecule has 0 amide bonds. The van der Waals surface area contributed by atoms with E-state index in [1.807, 2.05) is 0 Å². The minimum absolute atomic E-state index is 0. The van der Waals surface area contributed by atoms with Gasteiger partial charge in [0.2, 0.25) is 0 Å². The normalized spacial score (nSPS) is 5.88. The maximum Gasteiger partial charge on any atom is 3.00 e. The first-order chi connectivity index (χ1) is 6.93. The van der Waals surface area contributed by atoms with Gasteiger partial charge in [-0.05, 0) is 20.8 Å². The molecule has 17 heavy (non-hydrogen) atoms. The van der Waals surface area contributed by atoms with Crippen molar-refractivity contribution in [3.05, 3.63) is 10.1 Å². The van der Waals surface area contributed by atoms with Crippen molar-refractivity contribution in [2.75, 3.05) is 7.05 Å². The van der Waals surface area contributed by atoms with Crippen molar-refractivity contribution in [3.8, 4) is 0 Å². The van der Waals surface area contributed by atoms with E-state index in [0.29, 0.717) is 0 Å². The first-order valence-corrected chi connectivity index (χ1v) is 3.54. The maximum absolute atomic E-state index is 8.89. The molecule has 0 aliphatic heterocycles. The summed E-state index contributed by atoms with van der Waals surface area (Å²) in [6.07, 6.45) is 0. The summed E-state index contributed by atoms with van der Waals surface area (Å²) < 4.78 is 0. The molecule has 0 aromatic rings. The Morgan fingerprint density at radius 2 is 0.824 bits per heavy atom. The summed E-state index contributed by atoms with van der Waals surface area (Å²) in [6, 6.07) is 0. The number of rotatable bonds is 0. The van der Waals surface area contributed by atoms with Crippen molar-refractivity contribution >= 4 is 17.9 Å². The molecule has 0 radical (unpaired) electrons. The second-order valence-corrected chi connectivity index (χ2v) is 1.91. The Labute approximate surface area is 108 Å². The number of hydrogen-bond donors (Lipinski definition) is 0. The third kappa shape index (κ3) is 781. The number of carboxylic acid groups (broad SMARTS) is 3. The third-order valence-corrected chi connectivity index (χ3v) is 0. The minimum atomic E-state index is -1.08. The fourth-order valence-electron chi connectivity index (χ4n) is 0. The summed E-state index contributed by atoms with van der Waals surface area (Å²) >= 11 is 0. The van der Waals surface area contributed by atoms with Crippen molar-refractivity contribution in [3.63, 3.8) is 0 Å². The smallest absolute Gasteiger partial charge is 0.550 e. The van der Waals surface area contributed by atoms with Gasteiger partial charge in [0.05, 0.1) is 0 Å². The van der Waals surface area contributed by atoms with Gasteiger partial charge in [-0.3, -0.25) is 10.1 Å². The average molecular weight is 293 g/mol. The second-order valence-electron chi connectivity index (χ2n) is 1.91. The van der Waals surface area contributed by atoms with E-state index in [4.69, 9.17) is 39.8 Å². The zero-order valence-corrected chi connectivity index (χ0v) is 10.8. The quantitative estimate of drug-likeness (QED) is 0.249. The molecular weight excluding hydrogens is 281 g/mol. The van der Waals surface area contributed by atoms with E-state index in [9.17, 15) is 0 Å². The predicted octanol–water partition coefficient (Wildman–Crippen LogP) is -3.84. The molecule has 100 valence electrons. The van der Waals surface area contributed by atoms with Crippen LogP contribution < -0.4 is 15.3 Å². The number of nitrogens with zero attached hydrogens (tertiary/aromatic N) is 1. The van der Waals surface area contributed by atoms with Gasteiger partial charge in [0.25, 0.3) is 0 Å². The Morgan fingerprint density at radius 1 is 0.824 bits per heavy atom. The zero-order valence-electron chi connectivity index (χ0n) is 9.59. The van der Waals surface area contributed by atoms with Crippen LogP contribution >= 0.6 is 0 Å². The van der Waals surface area contributed by atoms with Crippen LogP contribution in [-0.2, 0) is 31.5 Å². The molecule has 0 aromatic heterocycles. The van der Waals surface area contributed by atoms with Crippen LogP contribution in [0.15, 0.2) is 0 Å². The molecule has 9 nitrogen and oxygen atoms in total. The van der Waals surface area contributed by atoms with Gasteiger partial charge in [-0.2, -0.15) is 0 Å². The van der Waals surface area contributed by atoms with Gasteiger partial charge in [0, 0.05) is 22.8 Å². The summed E-state index contributed by atoms with van der Waals surface area (Å²) in [5.41, 5.74) is 0. The van der Waals surface area contributed by atoms with Crippen LogP contribution in [0.1, 0.15) is 20.8 Å². The molecule has 0 saturated heterocycles. The van der Waals surface area contributed by atoms with Crippen molar-refractivity contribution < 1.29 is 51.7 Å². The summed E-state index contributed by atoms with van der Waals surface area (Å²) in [5.74, 6) is -3.25. The van der Waals surface area contributed by atoms with Crippen LogP contribution in [0.4, 0.5) is 0 Å². The van der Waals surface area contributed by atoms with Gasteiger partial charge in [0.15, 0.2) is 7.05 Å². The number of carboxylic acids is 3. The second kappa shape index (κ2) is 23.9. The van der Waals surface area contributed by atoms with E-state index in [-0.39, 0.29) is 17.1 Å². The van der Waals surface area contributed by atoms with Crippen LogP contribution in [0.25, 0.3) is 0 Å².